The minimum atomic E-state index is -0.177. The summed E-state index contributed by atoms with van der Waals surface area (Å²) < 4.78 is 0. The number of aromatic nitrogens is 3. The van der Waals surface area contributed by atoms with Gasteiger partial charge in [-0.3, -0.25) is 14.4 Å². The summed E-state index contributed by atoms with van der Waals surface area (Å²) in [5.74, 6) is -0.531. The average molecular weight is 829 g/mol. The van der Waals surface area contributed by atoms with E-state index >= 15 is 0 Å². The van der Waals surface area contributed by atoms with Crippen molar-refractivity contribution in [3.05, 3.63) is 177 Å². The minimum Gasteiger partial charge on any atom is -0.354 e. The zero-order valence-electron chi connectivity index (χ0n) is 35.6. The number of amides is 3. The summed E-state index contributed by atoms with van der Waals surface area (Å²) in [7, 11) is 0. The highest BCUT2D eigenvalue weighted by molar-refractivity contribution is 6.11. The maximum Gasteiger partial charge on any atom is 0.251 e. The maximum atomic E-state index is 14.0. The standard InChI is InChI=1S/C54H48N6O3/c1-4-34-43(28-55-52(61)31-19-22-40-37-13-7-10-16-46(37)58-49(40)25-31)35(5-2)45(30-57-54(63)33-21-24-42-39-15-9-12-18-48(39)60-51(42)27-33)36(6-3)44(34)29-56-53(62)32-20-23-41-38-14-8-11-17-47(38)59-50(41)26-32/h7-27,58-60H,4-6,28-30H2,1-3H3,(H,55,61)(H,56,62)(H,57,63). The highest BCUT2D eigenvalue weighted by Gasteiger charge is 2.24. The van der Waals surface area contributed by atoms with Crippen molar-refractivity contribution in [2.45, 2.75) is 59.7 Å². The molecular weight excluding hydrogens is 781 g/mol. The van der Waals surface area contributed by atoms with Gasteiger partial charge in [0, 0.05) is 102 Å². The van der Waals surface area contributed by atoms with Crippen molar-refractivity contribution >= 4 is 83.1 Å². The molecule has 9 nitrogen and oxygen atoms in total. The topological polar surface area (TPSA) is 135 Å². The van der Waals surface area contributed by atoms with Gasteiger partial charge in [-0.25, -0.2) is 0 Å². The Kier molecular flexibility index (Phi) is 10.2. The van der Waals surface area contributed by atoms with Gasteiger partial charge in [-0.15, -0.1) is 0 Å². The van der Waals surface area contributed by atoms with Crippen molar-refractivity contribution in [1.82, 2.24) is 30.9 Å². The highest BCUT2D eigenvalue weighted by atomic mass is 16.2. The smallest absolute Gasteiger partial charge is 0.251 e. The van der Waals surface area contributed by atoms with Crippen LogP contribution in [0.3, 0.4) is 0 Å². The second-order valence-electron chi connectivity index (χ2n) is 16.3. The van der Waals surface area contributed by atoms with Crippen LogP contribution in [0, 0.1) is 0 Å². The Balaban J connectivity index is 0.982. The van der Waals surface area contributed by atoms with Gasteiger partial charge in [0.25, 0.3) is 17.7 Å². The quantitative estimate of drug-likeness (QED) is 0.0732. The van der Waals surface area contributed by atoms with E-state index in [4.69, 9.17) is 0 Å². The molecule has 0 atom stereocenters. The number of carbonyl (C=O) groups is 3. The molecule has 3 aromatic heterocycles. The van der Waals surface area contributed by atoms with Crippen LogP contribution in [0.5, 0.6) is 0 Å². The van der Waals surface area contributed by atoms with Gasteiger partial charge in [0.05, 0.1) is 0 Å². The van der Waals surface area contributed by atoms with Gasteiger partial charge >= 0.3 is 0 Å². The molecule has 0 aliphatic carbocycles. The zero-order valence-corrected chi connectivity index (χ0v) is 35.6. The Bertz CT molecular complexity index is 3060. The summed E-state index contributed by atoms with van der Waals surface area (Å²) in [4.78, 5) is 52.3. The number of fused-ring (bicyclic) bond motifs is 9. The van der Waals surface area contributed by atoms with E-state index in [0.29, 0.717) is 36.0 Å². The Morgan fingerprint density at radius 2 is 0.619 bits per heavy atom. The Labute approximate surface area is 364 Å². The largest absolute Gasteiger partial charge is 0.354 e. The number of carbonyl (C=O) groups excluding carboxylic acids is 3. The number of hydrogen-bond acceptors (Lipinski definition) is 3. The summed E-state index contributed by atoms with van der Waals surface area (Å²) in [6, 6.07) is 41.8. The number of para-hydroxylation sites is 3. The molecule has 9 heteroatoms. The predicted molar refractivity (Wildman–Crippen MR) is 256 cm³/mol. The van der Waals surface area contributed by atoms with E-state index in [1.54, 1.807) is 0 Å². The molecule has 0 bridgehead atoms. The molecule has 312 valence electrons. The lowest BCUT2D eigenvalue weighted by Gasteiger charge is -2.27. The van der Waals surface area contributed by atoms with E-state index in [2.05, 4.69) is 69.9 Å². The normalized spacial score (nSPS) is 11.7. The number of nitrogens with one attached hydrogen (secondary N) is 6. The van der Waals surface area contributed by atoms with Gasteiger partial charge in [-0.05, 0) is 107 Å². The fraction of sp³-hybridized carbons (Fsp3) is 0.167. The van der Waals surface area contributed by atoms with Crippen LogP contribution in [0.15, 0.2) is 127 Å². The van der Waals surface area contributed by atoms with Crippen molar-refractivity contribution in [3.8, 4) is 0 Å². The number of rotatable bonds is 12. The first kappa shape index (κ1) is 39.5. The number of aromatic amines is 3. The first-order valence-corrected chi connectivity index (χ1v) is 21.9. The van der Waals surface area contributed by atoms with Gasteiger partial charge in [0.1, 0.15) is 0 Å². The molecule has 0 saturated carbocycles. The molecule has 0 aliphatic heterocycles. The number of H-pyrrole nitrogens is 3. The van der Waals surface area contributed by atoms with Gasteiger partial charge in [-0.1, -0.05) is 93.6 Å². The van der Waals surface area contributed by atoms with E-state index in [-0.39, 0.29) is 37.4 Å². The lowest BCUT2D eigenvalue weighted by Crippen LogP contribution is -2.30. The molecule has 0 saturated heterocycles. The second-order valence-corrected chi connectivity index (χ2v) is 16.3. The molecule has 6 N–H and O–H groups in total. The molecule has 10 rings (SSSR count). The third-order valence-corrected chi connectivity index (χ3v) is 12.8. The molecule has 7 aromatic carbocycles. The Morgan fingerprint density at radius 3 is 0.905 bits per heavy atom. The Hall–Kier alpha value is -7.65. The molecular formula is C54H48N6O3. The molecule has 0 radical (unpaired) electrons. The van der Waals surface area contributed by atoms with Crippen LogP contribution in [0.25, 0.3) is 65.4 Å². The lowest BCUT2D eigenvalue weighted by atomic mass is 9.83. The monoisotopic (exact) mass is 828 g/mol. The van der Waals surface area contributed by atoms with Gasteiger partial charge in [0.15, 0.2) is 0 Å². The van der Waals surface area contributed by atoms with Crippen LogP contribution in [0.4, 0.5) is 0 Å². The molecule has 0 spiro atoms. The van der Waals surface area contributed by atoms with Crippen molar-refractivity contribution in [3.63, 3.8) is 0 Å². The predicted octanol–water partition coefficient (Wildman–Crippen LogP) is 11.1. The summed E-state index contributed by atoms with van der Waals surface area (Å²) in [6.07, 6.45) is 2.07. The molecule has 10 aromatic rings. The fourth-order valence-corrected chi connectivity index (χ4v) is 9.81. The summed E-state index contributed by atoms with van der Waals surface area (Å²) >= 11 is 0. The fourth-order valence-electron chi connectivity index (χ4n) is 9.81. The molecule has 0 aliphatic rings. The minimum absolute atomic E-state index is 0.177. The van der Waals surface area contributed by atoms with E-state index in [1.165, 1.54) is 0 Å². The van der Waals surface area contributed by atoms with Crippen molar-refractivity contribution in [2.24, 2.45) is 0 Å². The van der Waals surface area contributed by atoms with Gasteiger partial charge in [0.2, 0.25) is 0 Å². The second kappa shape index (κ2) is 16.3. The van der Waals surface area contributed by atoms with E-state index in [1.807, 2.05) is 109 Å². The zero-order chi connectivity index (χ0) is 43.2. The third kappa shape index (κ3) is 7.05. The molecule has 3 heterocycles. The Morgan fingerprint density at radius 1 is 0.349 bits per heavy atom. The molecule has 63 heavy (non-hydrogen) atoms. The highest BCUT2D eigenvalue weighted by Crippen LogP contribution is 2.33. The molecule has 0 unspecified atom stereocenters. The SMILES string of the molecule is CCc1c(CNC(=O)c2ccc3c(c2)[nH]c2ccccc23)c(CC)c(CNC(=O)c2ccc3c(c2)[nH]c2ccccc23)c(CC)c1CNC(=O)c1ccc2c(c1)[nH]c1ccccc12. The average Bonchev–Trinajstić information content (AvgIpc) is 4.01. The molecule has 3 amide bonds. The first-order valence-electron chi connectivity index (χ1n) is 21.9. The van der Waals surface area contributed by atoms with E-state index < -0.39 is 0 Å². The summed E-state index contributed by atoms with van der Waals surface area (Å²) in [6.45, 7) is 7.24. The van der Waals surface area contributed by atoms with Crippen LogP contribution < -0.4 is 16.0 Å². The van der Waals surface area contributed by atoms with Crippen LogP contribution >= 0.6 is 0 Å². The van der Waals surface area contributed by atoms with E-state index in [9.17, 15) is 14.4 Å². The molecule has 0 fully saturated rings. The lowest BCUT2D eigenvalue weighted by molar-refractivity contribution is 0.0943. The van der Waals surface area contributed by atoms with Crippen molar-refractivity contribution in [2.75, 3.05) is 0 Å². The number of benzene rings is 7. The van der Waals surface area contributed by atoms with E-state index in [0.717, 1.165) is 98.8 Å². The van der Waals surface area contributed by atoms with Gasteiger partial charge < -0.3 is 30.9 Å². The summed E-state index contributed by atoms with van der Waals surface area (Å²) in [5, 5.41) is 16.3. The van der Waals surface area contributed by atoms with Crippen LogP contribution in [0.2, 0.25) is 0 Å². The summed E-state index contributed by atoms with van der Waals surface area (Å²) in [5.41, 5.74) is 13.8. The van der Waals surface area contributed by atoms with Crippen LogP contribution in [-0.2, 0) is 38.9 Å². The maximum absolute atomic E-state index is 14.0. The number of hydrogen-bond donors (Lipinski definition) is 6. The van der Waals surface area contributed by atoms with Crippen molar-refractivity contribution < 1.29 is 14.4 Å². The first-order chi connectivity index (χ1) is 30.8. The van der Waals surface area contributed by atoms with Crippen LogP contribution in [0.1, 0.15) is 85.2 Å². The third-order valence-electron chi connectivity index (χ3n) is 12.8. The van der Waals surface area contributed by atoms with Crippen molar-refractivity contribution in [1.29, 1.82) is 0 Å². The van der Waals surface area contributed by atoms with Gasteiger partial charge in [-0.2, -0.15) is 0 Å². The van der Waals surface area contributed by atoms with Crippen LogP contribution in [-0.4, -0.2) is 32.7 Å².